The van der Waals surface area contributed by atoms with Crippen molar-refractivity contribution in [3.05, 3.63) is 31.9 Å². The molecule has 0 aliphatic carbocycles. The summed E-state index contributed by atoms with van der Waals surface area (Å²) in [5.74, 6) is 0.675. The second-order valence-electron chi connectivity index (χ2n) is 3.36. The van der Waals surface area contributed by atoms with Crippen molar-refractivity contribution in [1.29, 1.82) is 0 Å². The van der Waals surface area contributed by atoms with Gasteiger partial charge >= 0.3 is 0 Å². The lowest BCUT2D eigenvalue weighted by atomic mass is 10.3. The van der Waals surface area contributed by atoms with E-state index in [0.29, 0.717) is 5.75 Å². The number of nitro groups is 1. The third-order valence-corrected chi connectivity index (χ3v) is 2.79. The molecule has 0 bridgehead atoms. The molecule has 0 amide bonds. The Hall–Kier alpha value is -0.890. The summed E-state index contributed by atoms with van der Waals surface area (Å²) in [5.41, 5.74) is 0.0815. The molecule has 0 radical (unpaired) electrons. The van der Waals surface area contributed by atoms with Gasteiger partial charge in [0, 0.05) is 18.7 Å². The molecule has 6 heteroatoms. The number of hydrogen-bond acceptors (Lipinski definition) is 4. The standard InChI is InChI=1S/C10H13IN2O3/c1-7(6-12-2)16-10-4-3-8(13(14)15)5-9(10)11/h3-5,7,12H,6H2,1-2H3. The maximum absolute atomic E-state index is 10.5. The van der Waals surface area contributed by atoms with Crippen LogP contribution in [0.25, 0.3) is 0 Å². The van der Waals surface area contributed by atoms with Crippen molar-refractivity contribution in [3.63, 3.8) is 0 Å². The topological polar surface area (TPSA) is 64.4 Å². The van der Waals surface area contributed by atoms with Crippen molar-refractivity contribution in [2.24, 2.45) is 0 Å². The van der Waals surface area contributed by atoms with Gasteiger partial charge in [-0.3, -0.25) is 10.1 Å². The number of ether oxygens (including phenoxy) is 1. The predicted octanol–water partition coefficient (Wildman–Crippen LogP) is 2.19. The Labute approximate surface area is 107 Å². The molecule has 0 heterocycles. The highest BCUT2D eigenvalue weighted by Gasteiger charge is 2.11. The maximum Gasteiger partial charge on any atom is 0.270 e. The van der Waals surface area contributed by atoms with Gasteiger partial charge in [-0.15, -0.1) is 0 Å². The molecule has 88 valence electrons. The van der Waals surface area contributed by atoms with E-state index in [1.54, 1.807) is 6.07 Å². The van der Waals surface area contributed by atoms with Crippen molar-refractivity contribution in [3.8, 4) is 5.75 Å². The molecule has 1 unspecified atom stereocenters. The molecule has 0 spiro atoms. The minimum Gasteiger partial charge on any atom is -0.488 e. The van der Waals surface area contributed by atoms with E-state index in [4.69, 9.17) is 4.74 Å². The van der Waals surface area contributed by atoms with Crippen molar-refractivity contribution in [2.45, 2.75) is 13.0 Å². The molecule has 0 fully saturated rings. The van der Waals surface area contributed by atoms with Gasteiger partial charge in [-0.05, 0) is 42.6 Å². The zero-order valence-electron chi connectivity index (χ0n) is 9.07. The molecule has 1 aromatic carbocycles. The van der Waals surface area contributed by atoms with E-state index >= 15 is 0 Å². The smallest absolute Gasteiger partial charge is 0.270 e. The van der Waals surface area contributed by atoms with Gasteiger partial charge in [0.2, 0.25) is 0 Å². The van der Waals surface area contributed by atoms with Gasteiger partial charge in [0.25, 0.3) is 5.69 Å². The van der Waals surface area contributed by atoms with Crippen molar-refractivity contribution >= 4 is 28.3 Å². The molecule has 1 N–H and O–H groups in total. The highest BCUT2D eigenvalue weighted by molar-refractivity contribution is 14.1. The Balaban J connectivity index is 2.79. The van der Waals surface area contributed by atoms with Crippen molar-refractivity contribution in [2.75, 3.05) is 13.6 Å². The lowest BCUT2D eigenvalue weighted by molar-refractivity contribution is -0.385. The van der Waals surface area contributed by atoms with Gasteiger partial charge in [0.1, 0.15) is 11.9 Å². The molecule has 0 saturated heterocycles. The first-order valence-corrected chi connectivity index (χ1v) is 5.87. The number of halogens is 1. The number of benzene rings is 1. The molecule has 1 rings (SSSR count). The average Bonchev–Trinajstić information content (AvgIpc) is 2.21. The number of nitrogens with one attached hydrogen (secondary N) is 1. The normalized spacial score (nSPS) is 12.2. The van der Waals surface area contributed by atoms with Crippen LogP contribution in [0.1, 0.15) is 6.92 Å². The van der Waals surface area contributed by atoms with E-state index in [-0.39, 0.29) is 11.8 Å². The van der Waals surface area contributed by atoms with Gasteiger partial charge in [-0.25, -0.2) is 0 Å². The number of likely N-dealkylation sites (N-methyl/N-ethyl adjacent to an activating group) is 1. The largest absolute Gasteiger partial charge is 0.488 e. The first kappa shape index (κ1) is 13.2. The Morgan fingerprint density at radius 1 is 1.62 bits per heavy atom. The van der Waals surface area contributed by atoms with Crippen LogP contribution in [0.3, 0.4) is 0 Å². The van der Waals surface area contributed by atoms with E-state index in [2.05, 4.69) is 5.32 Å². The SMILES string of the molecule is CNCC(C)Oc1ccc([N+](=O)[O-])cc1I. The summed E-state index contributed by atoms with van der Waals surface area (Å²) in [6.45, 7) is 2.67. The van der Waals surface area contributed by atoms with Crippen LogP contribution in [0, 0.1) is 13.7 Å². The Bertz CT molecular complexity index is 384. The zero-order valence-corrected chi connectivity index (χ0v) is 11.2. The number of nitro benzene ring substituents is 1. The number of nitrogens with zero attached hydrogens (tertiary/aromatic N) is 1. The Morgan fingerprint density at radius 3 is 2.81 bits per heavy atom. The van der Waals surface area contributed by atoms with E-state index in [1.165, 1.54) is 12.1 Å². The Morgan fingerprint density at radius 2 is 2.31 bits per heavy atom. The summed E-state index contributed by atoms with van der Waals surface area (Å²) in [6, 6.07) is 4.58. The fourth-order valence-corrected chi connectivity index (χ4v) is 1.87. The zero-order chi connectivity index (χ0) is 12.1. The highest BCUT2D eigenvalue weighted by atomic mass is 127. The van der Waals surface area contributed by atoms with Gasteiger partial charge < -0.3 is 10.1 Å². The minimum absolute atomic E-state index is 0.0278. The van der Waals surface area contributed by atoms with E-state index in [1.807, 2.05) is 36.6 Å². The van der Waals surface area contributed by atoms with Crippen LogP contribution in [-0.4, -0.2) is 24.6 Å². The van der Waals surface area contributed by atoms with Gasteiger partial charge in [0.15, 0.2) is 0 Å². The van der Waals surface area contributed by atoms with E-state index in [0.717, 1.165) is 10.1 Å². The number of rotatable bonds is 5. The highest BCUT2D eigenvalue weighted by Crippen LogP contribution is 2.26. The van der Waals surface area contributed by atoms with Crippen LogP contribution < -0.4 is 10.1 Å². The first-order chi connectivity index (χ1) is 7.54. The van der Waals surface area contributed by atoms with Gasteiger partial charge in [-0.1, -0.05) is 0 Å². The lowest BCUT2D eigenvalue weighted by Gasteiger charge is -2.15. The van der Waals surface area contributed by atoms with Gasteiger partial charge in [0.05, 0.1) is 8.49 Å². The third-order valence-electron chi connectivity index (χ3n) is 1.95. The molecule has 0 aromatic heterocycles. The molecule has 0 aliphatic heterocycles. The van der Waals surface area contributed by atoms with E-state index < -0.39 is 4.92 Å². The summed E-state index contributed by atoms with van der Waals surface area (Å²) in [5, 5.41) is 13.5. The average molecular weight is 336 g/mol. The van der Waals surface area contributed by atoms with Crippen LogP contribution in [0.4, 0.5) is 5.69 Å². The van der Waals surface area contributed by atoms with Gasteiger partial charge in [-0.2, -0.15) is 0 Å². The second kappa shape index (κ2) is 6.00. The van der Waals surface area contributed by atoms with Crippen LogP contribution in [0.2, 0.25) is 0 Å². The number of non-ortho nitro benzene ring substituents is 1. The summed E-state index contributed by atoms with van der Waals surface area (Å²) >= 11 is 2.03. The fourth-order valence-electron chi connectivity index (χ4n) is 1.24. The fraction of sp³-hybridized carbons (Fsp3) is 0.400. The summed E-state index contributed by atoms with van der Waals surface area (Å²) in [4.78, 5) is 10.1. The molecule has 5 nitrogen and oxygen atoms in total. The third kappa shape index (κ3) is 3.60. The predicted molar refractivity (Wildman–Crippen MR) is 69.8 cm³/mol. The Kier molecular flexibility index (Phi) is 4.94. The molecule has 16 heavy (non-hydrogen) atoms. The summed E-state index contributed by atoms with van der Waals surface area (Å²) in [7, 11) is 1.85. The van der Waals surface area contributed by atoms with Crippen LogP contribution in [0.15, 0.2) is 18.2 Å². The van der Waals surface area contributed by atoms with Crippen LogP contribution >= 0.6 is 22.6 Å². The van der Waals surface area contributed by atoms with Crippen LogP contribution in [0.5, 0.6) is 5.75 Å². The second-order valence-corrected chi connectivity index (χ2v) is 4.52. The first-order valence-electron chi connectivity index (χ1n) is 4.79. The monoisotopic (exact) mass is 336 g/mol. The number of hydrogen-bond donors (Lipinski definition) is 1. The molecule has 0 aliphatic rings. The molecule has 0 saturated carbocycles. The maximum atomic E-state index is 10.5. The molecule has 1 atom stereocenters. The summed E-state index contributed by atoms with van der Waals surface area (Å²) in [6.07, 6.45) is 0.0278. The minimum atomic E-state index is -0.414. The molecular formula is C10H13IN2O3. The van der Waals surface area contributed by atoms with Crippen molar-refractivity contribution in [1.82, 2.24) is 5.32 Å². The molecule has 1 aromatic rings. The van der Waals surface area contributed by atoms with Crippen LogP contribution in [-0.2, 0) is 0 Å². The lowest BCUT2D eigenvalue weighted by Crippen LogP contribution is -2.26. The van der Waals surface area contributed by atoms with E-state index in [9.17, 15) is 10.1 Å². The quantitative estimate of drug-likeness (QED) is 0.509. The molecular weight excluding hydrogens is 323 g/mol. The summed E-state index contributed by atoms with van der Waals surface area (Å²) < 4.78 is 6.37. The van der Waals surface area contributed by atoms with Crippen molar-refractivity contribution < 1.29 is 9.66 Å².